The Morgan fingerprint density at radius 3 is 2.70 bits per heavy atom. The molecule has 2 fully saturated rings. The standard InChI is InChI=1S/C25H33N5O5S.ClH/c1-35-24(33)18-11-10-17(14-16(18)6-4-12-26)28-22(32)9-5-13-27-21(31)8-3-2-7-20-23-19(15-36-20)29-25(34)30-23;/h10-11,14,19-20,23H,2-3,5,7-9,12-13,15,26H2,1H3,(H,27,31)(H,28,32)(H2,29,30,34);1H/t19-,20-,23-;/m0./s1. The largest absolute Gasteiger partial charge is 0.465 e. The van der Waals surface area contributed by atoms with E-state index in [-0.39, 0.29) is 55.3 Å². The van der Waals surface area contributed by atoms with Crippen LogP contribution >= 0.6 is 24.2 Å². The van der Waals surface area contributed by atoms with Crippen LogP contribution < -0.4 is 27.0 Å². The zero-order chi connectivity index (χ0) is 25.9. The summed E-state index contributed by atoms with van der Waals surface area (Å²) in [6.45, 7) is 0.557. The van der Waals surface area contributed by atoms with Gasteiger partial charge in [0.2, 0.25) is 11.8 Å². The highest BCUT2D eigenvalue weighted by Crippen LogP contribution is 2.33. The van der Waals surface area contributed by atoms with Gasteiger partial charge >= 0.3 is 12.0 Å². The number of carbonyl (C=O) groups excluding carboxylic acids is 4. The molecular weight excluding hydrogens is 518 g/mol. The van der Waals surface area contributed by atoms with Crippen molar-refractivity contribution in [2.45, 2.75) is 55.9 Å². The Hall–Kier alpha value is -2.94. The Kier molecular flexibility index (Phi) is 12.6. The maximum Gasteiger partial charge on any atom is 0.339 e. The molecule has 0 aromatic heterocycles. The van der Waals surface area contributed by atoms with Crippen LogP contribution in [0.2, 0.25) is 0 Å². The number of halogens is 1. The molecule has 3 atom stereocenters. The maximum atomic E-state index is 12.3. The fraction of sp³-hybridized carbons (Fsp3) is 0.520. The zero-order valence-corrected chi connectivity index (χ0v) is 22.4. The van der Waals surface area contributed by atoms with Crippen molar-refractivity contribution in [2.75, 3.05) is 31.3 Å². The number of ether oxygens (including phenoxy) is 1. The van der Waals surface area contributed by atoms with Gasteiger partial charge in [-0.25, -0.2) is 9.59 Å². The lowest BCUT2D eigenvalue weighted by molar-refractivity contribution is -0.121. The van der Waals surface area contributed by atoms with Gasteiger partial charge in [-0.3, -0.25) is 9.59 Å². The number of anilines is 1. The number of fused-ring (bicyclic) bond motifs is 1. The van der Waals surface area contributed by atoms with E-state index < -0.39 is 5.97 Å². The van der Waals surface area contributed by atoms with E-state index in [4.69, 9.17) is 10.5 Å². The van der Waals surface area contributed by atoms with Crippen LogP contribution in [0.25, 0.3) is 0 Å². The van der Waals surface area contributed by atoms with E-state index in [1.165, 1.54) is 7.11 Å². The van der Waals surface area contributed by atoms with E-state index in [2.05, 4.69) is 33.1 Å². The molecule has 0 saturated carbocycles. The van der Waals surface area contributed by atoms with Gasteiger partial charge in [0, 0.05) is 41.6 Å². The monoisotopic (exact) mass is 551 g/mol. The van der Waals surface area contributed by atoms with Crippen LogP contribution in [-0.4, -0.2) is 67.1 Å². The molecule has 0 spiro atoms. The summed E-state index contributed by atoms with van der Waals surface area (Å²) >= 11 is 1.87. The van der Waals surface area contributed by atoms with Gasteiger partial charge in [0.25, 0.3) is 0 Å². The Morgan fingerprint density at radius 2 is 1.95 bits per heavy atom. The zero-order valence-electron chi connectivity index (χ0n) is 20.8. The number of unbranched alkanes of at least 4 members (excludes halogenated alkanes) is 1. The number of thioether (sulfide) groups is 1. The number of nitrogens with two attached hydrogens (primary N) is 1. The lowest BCUT2D eigenvalue weighted by atomic mass is 10.0. The number of nitrogens with one attached hydrogen (secondary N) is 4. The molecule has 202 valence electrons. The van der Waals surface area contributed by atoms with Gasteiger partial charge in [-0.05, 0) is 37.5 Å². The van der Waals surface area contributed by atoms with Crippen molar-refractivity contribution in [3.8, 4) is 11.8 Å². The van der Waals surface area contributed by atoms with Crippen molar-refractivity contribution >= 4 is 53.7 Å². The molecule has 4 amide bonds. The van der Waals surface area contributed by atoms with Crippen LogP contribution in [0.15, 0.2) is 18.2 Å². The molecule has 0 aliphatic carbocycles. The number of rotatable bonds is 11. The van der Waals surface area contributed by atoms with Gasteiger partial charge in [-0.2, -0.15) is 11.8 Å². The van der Waals surface area contributed by atoms with Gasteiger partial charge in [-0.15, -0.1) is 12.4 Å². The molecule has 2 heterocycles. The molecule has 1 aromatic carbocycles. The highest BCUT2D eigenvalue weighted by Gasteiger charge is 2.42. The van der Waals surface area contributed by atoms with E-state index in [1.54, 1.807) is 18.2 Å². The van der Waals surface area contributed by atoms with Gasteiger partial charge < -0.3 is 31.7 Å². The fourth-order valence-corrected chi connectivity index (χ4v) is 5.77. The topological polar surface area (TPSA) is 152 Å². The van der Waals surface area contributed by atoms with Crippen LogP contribution in [0.3, 0.4) is 0 Å². The smallest absolute Gasteiger partial charge is 0.339 e. The lowest BCUT2D eigenvalue weighted by Crippen LogP contribution is -2.36. The van der Waals surface area contributed by atoms with Crippen LogP contribution in [0, 0.1) is 11.8 Å². The molecule has 10 nitrogen and oxygen atoms in total. The number of amides is 4. The summed E-state index contributed by atoms with van der Waals surface area (Å²) in [4.78, 5) is 47.7. The highest BCUT2D eigenvalue weighted by atomic mass is 35.5. The summed E-state index contributed by atoms with van der Waals surface area (Å²) in [6.07, 6.45) is 3.89. The second kappa shape index (κ2) is 15.3. The Bertz CT molecular complexity index is 1040. The first-order valence-electron chi connectivity index (χ1n) is 12.1. The normalized spacial score (nSPS) is 19.3. The van der Waals surface area contributed by atoms with Crippen molar-refractivity contribution in [1.29, 1.82) is 0 Å². The average molecular weight is 552 g/mol. The molecular formula is C25H34ClN5O5S. The fourth-order valence-electron chi connectivity index (χ4n) is 4.22. The third kappa shape index (κ3) is 9.14. The van der Waals surface area contributed by atoms with Gasteiger partial charge in [0.1, 0.15) is 0 Å². The summed E-state index contributed by atoms with van der Waals surface area (Å²) in [5, 5.41) is 12.0. The summed E-state index contributed by atoms with van der Waals surface area (Å²) in [7, 11) is 1.29. The number of carbonyl (C=O) groups is 4. The van der Waals surface area contributed by atoms with Crippen molar-refractivity contribution in [2.24, 2.45) is 5.73 Å². The molecule has 2 saturated heterocycles. The number of hydrogen-bond donors (Lipinski definition) is 5. The van der Waals surface area contributed by atoms with Crippen molar-refractivity contribution < 1.29 is 23.9 Å². The first kappa shape index (κ1) is 30.3. The van der Waals surface area contributed by atoms with Crippen molar-refractivity contribution in [1.82, 2.24) is 16.0 Å². The Balaban J connectivity index is 0.00000481. The van der Waals surface area contributed by atoms with Gasteiger partial charge in [0.05, 0.1) is 31.3 Å². The van der Waals surface area contributed by atoms with Crippen molar-refractivity contribution in [3.63, 3.8) is 0 Å². The lowest BCUT2D eigenvalue weighted by Gasteiger charge is -2.16. The van der Waals surface area contributed by atoms with Crippen LogP contribution in [-0.2, 0) is 14.3 Å². The second-order valence-electron chi connectivity index (χ2n) is 8.63. The summed E-state index contributed by atoms with van der Waals surface area (Å²) in [5.74, 6) is 5.71. The quantitative estimate of drug-likeness (QED) is 0.122. The van der Waals surface area contributed by atoms with Gasteiger partial charge in [0.15, 0.2) is 0 Å². The SMILES string of the molecule is COC(=O)c1ccc(NC(=O)CCCNC(=O)CCCC[C@@H]2SC[C@@H]3NC(=O)N[C@@H]32)cc1C#CCN.Cl. The predicted molar refractivity (Wildman–Crippen MR) is 146 cm³/mol. The van der Waals surface area contributed by atoms with E-state index in [1.807, 2.05) is 11.8 Å². The van der Waals surface area contributed by atoms with Crippen LogP contribution in [0.1, 0.15) is 54.4 Å². The summed E-state index contributed by atoms with van der Waals surface area (Å²) < 4.78 is 4.76. The van der Waals surface area contributed by atoms with E-state index >= 15 is 0 Å². The minimum Gasteiger partial charge on any atom is -0.465 e. The van der Waals surface area contributed by atoms with Crippen LogP contribution in [0.5, 0.6) is 0 Å². The molecule has 0 unspecified atom stereocenters. The predicted octanol–water partition coefficient (Wildman–Crippen LogP) is 1.77. The number of methoxy groups -OCH3 is 1. The second-order valence-corrected chi connectivity index (χ2v) is 9.90. The first-order valence-corrected chi connectivity index (χ1v) is 13.1. The third-order valence-corrected chi connectivity index (χ3v) is 7.53. The number of hydrogen-bond acceptors (Lipinski definition) is 7. The van der Waals surface area contributed by atoms with E-state index in [9.17, 15) is 19.2 Å². The molecule has 2 aliphatic rings. The summed E-state index contributed by atoms with van der Waals surface area (Å²) in [5.41, 5.74) is 6.65. The van der Waals surface area contributed by atoms with Crippen LogP contribution in [0.4, 0.5) is 10.5 Å². The average Bonchev–Trinajstić information content (AvgIpc) is 3.42. The highest BCUT2D eigenvalue weighted by molar-refractivity contribution is 8.00. The van der Waals surface area contributed by atoms with E-state index in [0.717, 1.165) is 25.0 Å². The number of urea groups is 1. The molecule has 12 heteroatoms. The Morgan fingerprint density at radius 1 is 1.16 bits per heavy atom. The molecule has 0 bridgehead atoms. The first-order chi connectivity index (χ1) is 17.4. The molecule has 6 N–H and O–H groups in total. The minimum absolute atomic E-state index is 0. The molecule has 3 rings (SSSR count). The van der Waals surface area contributed by atoms with Crippen molar-refractivity contribution in [3.05, 3.63) is 29.3 Å². The van der Waals surface area contributed by atoms with E-state index in [0.29, 0.717) is 41.5 Å². The molecule has 0 radical (unpaired) electrons. The molecule has 37 heavy (non-hydrogen) atoms. The maximum absolute atomic E-state index is 12.3. The number of benzene rings is 1. The number of esters is 1. The summed E-state index contributed by atoms with van der Waals surface area (Å²) in [6, 6.07) is 5.10. The third-order valence-electron chi connectivity index (χ3n) is 6.02. The minimum atomic E-state index is -0.518. The Labute approximate surface area is 227 Å². The molecule has 2 aliphatic heterocycles. The van der Waals surface area contributed by atoms with Gasteiger partial charge in [-0.1, -0.05) is 18.3 Å². The molecule has 1 aromatic rings.